The Labute approximate surface area is 215 Å². The second-order valence-electron chi connectivity index (χ2n) is 9.94. The zero-order valence-corrected chi connectivity index (χ0v) is 21.1. The molecule has 1 aliphatic carbocycles. The lowest BCUT2D eigenvalue weighted by Crippen LogP contribution is -2.43. The summed E-state index contributed by atoms with van der Waals surface area (Å²) < 4.78 is 6.39. The predicted octanol–water partition coefficient (Wildman–Crippen LogP) is 4.16. The first-order valence-electron chi connectivity index (χ1n) is 13.0. The maximum Gasteiger partial charge on any atom is 0.279 e. The molecule has 1 fully saturated rings. The van der Waals surface area contributed by atoms with E-state index in [1.807, 2.05) is 13.0 Å². The van der Waals surface area contributed by atoms with Crippen molar-refractivity contribution in [3.05, 3.63) is 86.9 Å². The second-order valence-corrected chi connectivity index (χ2v) is 9.94. The lowest BCUT2D eigenvalue weighted by atomic mass is 10.1. The van der Waals surface area contributed by atoms with Crippen molar-refractivity contribution in [1.82, 2.24) is 15.3 Å². The summed E-state index contributed by atoms with van der Waals surface area (Å²) >= 11 is 0. The summed E-state index contributed by atoms with van der Waals surface area (Å²) in [4.78, 5) is 26.8. The van der Waals surface area contributed by atoms with Crippen molar-refractivity contribution >= 4 is 34.5 Å². The largest absolute Gasteiger partial charge is 0.490 e. The molecule has 0 spiro atoms. The Morgan fingerprint density at radius 1 is 1.11 bits per heavy atom. The summed E-state index contributed by atoms with van der Waals surface area (Å²) in [6.07, 6.45) is 4.87. The van der Waals surface area contributed by atoms with Crippen LogP contribution in [0.25, 0.3) is 17.4 Å². The van der Waals surface area contributed by atoms with Crippen molar-refractivity contribution in [3.63, 3.8) is 0 Å². The van der Waals surface area contributed by atoms with Crippen molar-refractivity contribution in [3.8, 4) is 5.75 Å². The van der Waals surface area contributed by atoms with E-state index in [-0.39, 0.29) is 11.7 Å². The van der Waals surface area contributed by atoms with E-state index in [1.165, 1.54) is 29.2 Å². The number of nitrogens with zero attached hydrogens (tertiary/aromatic N) is 3. The van der Waals surface area contributed by atoms with Crippen LogP contribution in [0.1, 0.15) is 36.8 Å². The second kappa shape index (κ2) is 9.82. The number of rotatable bonds is 7. The van der Waals surface area contributed by atoms with Crippen LogP contribution in [-0.2, 0) is 6.54 Å². The molecule has 0 unspecified atom stereocenters. The van der Waals surface area contributed by atoms with Crippen LogP contribution in [0, 0.1) is 6.92 Å². The van der Waals surface area contributed by atoms with E-state index in [4.69, 9.17) is 4.74 Å². The first-order valence-corrected chi connectivity index (χ1v) is 13.0. The summed E-state index contributed by atoms with van der Waals surface area (Å²) in [5.41, 5.74) is 3.94. The average Bonchev–Trinajstić information content (AvgIpc) is 3.40. The first-order chi connectivity index (χ1) is 18.0. The molecule has 1 aliphatic heterocycles. The predicted molar refractivity (Wildman–Crippen MR) is 148 cm³/mol. The number of H-pyrrole nitrogens is 1. The van der Waals surface area contributed by atoms with Gasteiger partial charge in [-0.15, -0.1) is 0 Å². The minimum Gasteiger partial charge on any atom is -0.490 e. The van der Waals surface area contributed by atoms with Gasteiger partial charge in [0.15, 0.2) is 11.2 Å². The molecule has 0 bridgehead atoms. The molecule has 1 saturated carbocycles. The quantitative estimate of drug-likeness (QED) is 0.378. The lowest BCUT2D eigenvalue weighted by Gasteiger charge is -2.29. The number of aromatic nitrogens is 2. The molecule has 2 N–H and O–H groups in total. The van der Waals surface area contributed by atoms with Crippen LogP contribution in [0.5, 0.6) is 5.75 Å². The van der Waals surface area contributed by atoms with Crippen LogP contribution in [0.4, 0.5) is 17.2 Å². The highest BCUT2D eigenvalue weighted by Crippen LogP contribution is 2.40. The highest BCUT2D eigenvalue weighted by Gasteiger charge is 2.25. The standard InChI is InChI=1S/C30H31N5O2/c1-19-15-25-26(17-27(19)37-24-9-5-6-10-24)35(29-28(34-25)30(36)33-20(2)32-29)14-13-31-18-21-11-12-22-7-3-4-8-23(22)16-21/h3-4,7-8,11-12,15-17,24,31H,2,5-6,9-10,13-14,18H2,1H3,(H,33,36). The van der Waals surface area contributed by atoms with Crippen molar-refractivity contribution < 1.29 is 4.74 Å². The molecule has 188 valence electrons. The molecule has 6 rings (SSSR count). The molecule has 1 aromatic heterocycles. The Hall–Kier alpha value is -3.97. The minimum atomic E-state index is -0.279. The molecule has 4 aromatic rings. The van der Waals surface area contributed by atoms with Crippen LogP contribution in [0.3, 0.4) is 0 Å². The van der Waals surface area contributed by atoms with Gasteiger partial charge in [0.05, 0.1) is 17.5 Å². The van der Waals surface area contributed by atoms with Gasteiger partial charge in [0.25, 0.3) is 5.56 Å². The SMILES string of the molecule is C=c1nc2c(c(=O)[nH]1)=Nc1cc(C)c(OC3CCCC3)cc1N2CCNCc1ccc2ccccc2c1. The summed E-state index contributed by atoms with van der Waals surface area (Å²) in [7, 11) is 0. The smallest absolute Gasteiger partial charge is 0.279 e. The van der Waals surface area contributed by atoms with Crippen LogP contribution >= 0.6 is 0 Å². The average molecular weight is 494 g/mol. The Balaban J connectivity index is 1.27. The molecule has 3 aromatic carbocycles. The Morgan fingerprint density at radius 2 is 1.92 bits per heavy atom. The minimum absolute atomic E-state index is 0.258. The van der Waals surface area contributed by atoms with E-state index in [2.05, 4.69) is 80.3 Å². The number of anilines is 2. The van der Waals surface area contributed by atoms with E-state index < -0.39 is 0 Å². The highest BCUT2D eigenvalue weighted by atomic mass is 16.5. The molecular weight excluding hydrogens is 462 g/mol. The summed E-state index contributed by atoms with van der Waals surface area (Å²) in [5, 5.41) is 6.35. The zero-order valence-electron chi connectivity index (χ0n) is 21.1. The molecule has 7 heteroatoms. The summed E-state index contributed by atoms with van der Waals surface area (Å²) in [5.74, 6) is 1.41. The van der Waals surface area contributed by atoms with Crippen molar-refractivity contribution in [2.24, 2.45) is 4.99 Å². The lowest BCUT2D eigenvalue weighted by molar-refractivity contribution is 0.208. The van der Waals surface area contributed by atoms with Crippen molar-refractivity contribution in [1.29, 1.82) is 0 Å². The van der Waals surface area contributed by atoms with Crippen molar-refractivity contribution in [2.45, 2.75) is 45.3 Å². The van der Waals surface area contributed by atoms with Gasteiger partial charge in [-0.2, -0.15) is 0 Å². The van der Waals surface area contributed by atoms with E-state index >= 15 is 0 Å². The van der Waals surface area contributed by atoms with Gasteiger partial charge in [-0.1, -0.05) is 43.0 Å². The third-order valence-corrected chi connectivity index (χ3v) is 7.23. The summed E-state index contributed by atoms with van der Waals surface area (Å²) in [6, 6.07) is 19.0. The Kier molecular flexibility index (Phi) is 6.22. The number of hydrogen-bond donors (Lipinski definition) is 2. The fraction of sp³-hybridized carbons (Fsp3) is 0.300. The number of aromatic amines is 1. The van der Waals surface area contributed by atoms with E-state index in [0.29, 0.717) is 29.7 Å². The van der Waals surface area contributed by atoms with Gasteiger partial charge in [0.1, 0.15) is 11.2 Å². The van der Waals surface area contributed by atoms with Gasteiger partial charge < -0.3 is 19.9 Å². The van der Waals surface area contributed by atoms with Gasteiger partial charge in [0.2, 0.25) is 0 Å². The van der Waals surface area contributed by atoms with Gasteiger partial charge >= 0.3 is 0 Å². The van der Waals surface area contributed by atoms with Gasteiger partial charge in [-0.25, -0.2) is 9.98 Å². The number of hydrogen-bond acceptors (Lipinski definition) is 6. The molecule has 0 amide bonds. The maximum atomic E-state index is 12.7. The zero-order chi connectivity index (χ0) is 25.4. The number of fused-ring (bicyclic) bond motifs is 3. The number of aryl methyl sites for hydroxylation is 1. The highest BCUT2D eigenvalue weighted by molar-refractivity contribution is 5.83. The van der Waals surface area contributed by atoms with Crippen molar-refractivity contribution in [2.75, 3.05) is 18.0 Å². The van der Waals surface area contributed by atoms with Crippen LogP contribution < -0.4 is 31.3 Å². The van der Waals surface area contributed by atoms with Gasteiger partial charge in [-0.3, -0.25) is 4.79 Å². The molecule has 37 heavy (non-hydrogen) atoms. The Bertz CT molecular complexity index is 1640. The molecule has 2 heterocycles. The fourth-order valence-corrected chi connectivity index (χ4v) is 5.30. The first kappa shape index (κ1) is 23.4. The monoisotopic (exact) mass is 493 g/mol. The topological polar surface area (TPSA) is 82.6 Å². The maximum absolute atomic E-state index is 12.7. The number of benzene rings is 3. The summed E-state index contributed by atoms with van der Waals surface area (Å²) in [6.45, 7) is 7.96. The normalized spacial score (nSPS) is 14.9. The number of nitrogens with one attached hydrogen (secondary N) is 2. The van der Waals surface area contributed by atoms with E-state index in [0.717, 1.165) is 42.1 Å². The molecule has 2 aliphatic rings. The van der Waals surface area contributed by atoms with Crippen LogP contribution in [0.15, 0.2) is 64.4 Å². The van der Waals surface area contributed by atoms with Crippen LogP contribution in [-0.4, -0.2) is 29.2 Å². The molecule has 0 atom stereocenters. The molecule has 0 saturated heterocycles. The van der Waals surface area contributed by atoms with Crippen LogP contribution in [0.2, 0.25) is 0 Å². The number of ether oxygens (including phenoxy) is 1. The van der Waals surface area contributed by atoms with Gasteiger partial charge in [0, 0.05) is 25.7 Å². The van der Waals surface area contributed by atoms with Gasteiger partial charge in [-0.05, 0) is 66.6 Å². The molecular formula is C30H31N5O2. The van der Waals surface area contributed by atoms with E-state index in [9.17, 15) is 4.79 Å². The van der Waals surface area contributed by atoms with E-state index in [1.54, 1.807) is 0 Å². The third kappa shape index (κ3) is 4.74. The molecule has 7 nitrogen and oxygen atoms in total. The molecule has 0 radical (unpaired) electrons. The third-order valence-electron chi connectivity index (χ3n) is 7.23. The fourth-order valence-electron chi connectivity index (χ4n) is 5.30. The Morgan fingerprint density at radius 3 is 2.76 bits per heavy atom.